The largest absolute Gasteiger partial charge is 0.461 e. The summed E-state index contributed by atoms with van der Waals surface area (Å²) in [7, 11) is 0. The molecule has 0 N–H and O–H groups in total. The summed E-state index contributed by atoms with van der Waals surface area (Å²) in [6.45, 7) is 2.21. The minimum atomic E-state index is -0.290. The monoisotopic (exact) mass is 360 g/mol. The van der Waals surface area contributed by atoms with Crippen LogP contribution in [0.15, 0.2) is 28.7 Å². The first-order valence-corrected chi connectivity index (χ1v) is 8.54. The second-order valence-electron chi connectivity index (χ2n) is 5.96. The lowest BCUT2D eigenvalue weighted by Crippen LogP contribution is -2.09. The molecule has 1 aromatic heterocycles. The highest BCUT2D eigenvalue weighted by atomic mass is 79.9. The van der Waals surface area contributed by atoms with Crippen LogP contribution in [0.1, 0.15) is 59.8 Å². The molecule has 114 valence electrons. The highest BCUT2D eigenvalue weighted by Crippen LogP contribution is 2.54. The molecule has 5 heteroatoms. The number of carbonyl (C=O) groups excluding carboxylic acids is 1. The summed E-state index contributed by atoms with van der Waals surface area (Å²) in [5.41, 5.74) is 3.88. The molecule has 1 saturated carbocycles. The van der Waals surface area contributed by atoms with Gasteiger partial charge in [-0.25, -0.2) is 9.48 Å². The zero-order valence-electron chi connectivity index (χ0n) is 12.4. The van der Waals surface area contributed by atoms with Crippen molar-refractivity contribution >= 4 is 21.9 Å². The summed E-state index contributed by atoms with van der Waals surface area (Å²) in [6, 6.07) is 8.05. The summed E-state index contributed by atoms with van der Waals surface area (Å²) in [6.07, 6.45) is 3.51. The smallest absolute Gasteiger partial charge is 0.359 e. The number of nitrogens with zero attached hydrogens (tertiary/aromatic N) is 2. The summed E-state index contributed by atoms with van der Waals surface area (Å²) in [5.74, 6) is 0.713. The van der Waals surface area contributed by atoms with Crippen LogP contribution in [-0.4, -0.2) is 22.4 Å². The molecule has 2 bridgehead atoms. The molecule has 2 atom stereocenters. The maximum atomic E-state index is 12.3. The van der Waals surface area contributed by atoms with Gasteiger partial charge in [0.05, 0.1) is 18.0 Å². The Bertz CT molecular complexity index is 736. The summed E-state index contributed by atoms with van der Waals surface area (Å²) in [5, 5.41) is 4.62. The standard InChI is InChI=1S/C17H17BrN2O2/c1-2-22-17(21)15-14-10-3-4-11(9-10)16(14)20(19-15)13-7-5-12(18)6-8-13/h5-8,10-11H,2-4,9H2,1H3. The van der Waals surface area contributed by atoms with Gasteiger partial charge in [-0.15, -0.1) is 0 Å². The van der Waals surface area contributed by atoms with Crippen LogP contribution in [0.2, 0.25) is 0 Å². The molecule has 2 aromatic rings. The Hall–Kier alpha value is -1.62. The third-order valence-electron chi connectivity index (χ3n) is 4.73. The Morgan fingerprint density at radius 1 is 1.32 bits per heavy atom. The van der Waals surface area contributed by atoms with E-state index in [1.54, 1.807) is 0 Å². The van der Waals surface area contributed by atoms with E-state index in [9.17, 15) is 4.79 Å². The molecule has 22 heavy (non-hydrogen) atoms. The first kappa shape index (κ1) is 14.0. The Balaban J connectivity index is 1.86. The predicted octanol–water partition coefficient (Wildman–Crippen LogP) is 4.18. The van der Waals surface area contributed by atoms with Crippen LogP contribution >= 0.6 is 15.9 Å². The van der Waals surface area contributed by atoms with Gasteiger partial charge < -0.3 is 4.74 Å². The first-order chi connectivity index (χ1) is 10.7. The molecule has 0 radical (unpaired) electrons. The second kappa shape index (κ2) is 5.23. The minimum Gasteiger partial charge on any atom is -0.461 e. The number of aromatic nitrogens is 2. The average Bonchev–Trinajstić information content (AvgIpc) is 3.20. The van der Waals surface area contributed by atoms with Crippen LogP contribution in [0.4, 0.5) is 0 Å². The van der Waals surface area contributed by atoms with Crippen molar-refractivity contribution in [1.29, 1.82) is 0 Å². The number of benzene rings is 1. The van der Waals surface area contributed by atoms with Crippen LogP contribution in [-0.2, 0) is 4.74 Å². The Morgan fingerprint density at radius 3 is 2.77 bits per heavy atom. The summed E-state index contributed by atoms with van der Waals surface area (Å²) < 4.78 is 8.20. The summed E-state index contributed by atoms with van der Waals surface area (Å²) >= 11 is 3.46. The maximum Gasteiger partial charge on any atom is 0.359 e. The van der Waals surface area contributed by atoms with Crippen molar-refractivity contribution in [3.8, 4) is 5.69 Å². The zero-order valence-corrected chi connectivity index (χ0v) is 14.0. The van der Waals surface area contributed by atoms with Crippen LogP contribution in [0, 0.1) is 0 Å². The normalized spacial score (nSPS) is 21.9. The summed E-state index contributed by atoms with van der Waals surface area (Å²) in [4.78, 5) is 12.3. The van der Waals surface area contributed by atoms with E-state index < -0.39 is 0 Å². The number of hydrogen-bond donors (Lipinski definition) is 0. The van der Waals surface area contributed by atoms with E-state index in [-0.39, 0.29) is 5.97 Å². The van der Waals surface area contributed by atoms with Gasteiger partial charge in [0.2, 0.25) is 0 Å². The van der Waals surface area contributed by atoms with E-state index in [0.717, 1.165) is 28.6 Å². The minimum absolute atomic E-state index is 0.290. The van der Waals surface area contributed by atoms with Gasteiger partial charge in [0.1, 0.15) is 0 Å². The first-order valence-electron chi connectivity index (χ1n) is 7.75. The highest BCUT2D eigenvalue weighted by molar-refractivity contribution is 9.10. The average molecular weight is 361 g/mol. The number of fused-ring (bicyclic) bond motifs is 5. The molecular weight excluding hydrogens is 344 g/mol. The van der Waals surface area contributed by atoms with Crippen LogP contribution in [0.5, 0.6) is 0 Å². The van der Waals surface area contributed by atoms with Gasteiger partial charge in [-0.3, -0.25) is 0 Å². The van der Waals surface area contributed by atoms with Crippen molar-refractivity contribution in [1.82, 2.24) is 9.78 Å². The van der Waals surface area contributed by atoms with Gasteiger partial charge >= 0.3 is 5.97 Å². The molecule has 1 fully saturated rings. The molecule has 2 unspecified atom stereocenters. The third-order valence-corrected chi connectivity index (χ3v) is 5.26. The fourth-order valence-electron chi connectivity index (χ4n) is 3.86. The van der Waals surface area contributed by atoms with Gasteiger partial charge in [0.25, 0.3) is 0 Å². The molecule has 2 aliphatic rings. The fraction of sp³-hybridized carbons (Fsp3) is 0.412. The third kappa shape index (κ3) is 2.02. The van der Waals surface area contributed by atoms with E-state index in [4.69, 9.17) is 4.74 Å². The number of halogens is 1. The van der Waals surface area contributed by atoms with Crippen molar-refractivity contribution in [2.75, 3.05) is 6.61 Å². The number of carbonyl (C=O) groups is 1. The molecule has 0 aliphatic heterocycles. The topological polar surface area (TPSA) is 44.1 Å². The Kier molecular flexibility index (Phi) is 3.33. The maximum absolute atomic E-state index is 12.3. The SMILES string of the molecule is CCOC(=O)c1nn(-c2ccc(Br)cc2)c2c1C1CCC2C1. The Morgan fingerprint density at radius 2 is 2.05 bits per heavy atom. The van der Waals surface area contributed by atoms with Crippen molar-refractivity contribution in [3.05, 3.63) is 45.7 Å². The van der Waals surface area contributed by atoms with E-state index in [1.807, 2.05) is 35.9 Å². The molecule has 0 saturated heterocycles. The van der Waals surface area contributed by atoms with Crippen molar-refractivity contribution in [2.45, 2.75) is 38.0 Å². The van der Waals surface area contributed by atoms with E-state index in [0.29, 0.717) is 24.1 Å². The number of hydrogen-bond acceptors (Lipinski definition) is 3. The number of rotatable bonds is 3. The molecule has 1 aromatic carbocycles. The molecule has 1 heterocycles. The van der Waals surface area contributed by atoms with Crippen molar-refractivity contribution < 1.29 is 9.53 Å². The second-order valence-corrected chi connectivity index (χ2v) is 6.88. The molecule has 4 rings (SSSR count). The van der Waals surface area contributed by atoms with Crippen molar-refractivity contribution in [3.63, 3.8) is 0 Å². The number of esters is 1. The van der Waals surface area contributed by atoms with Crippen LogP contribution in [0.3, 0.4) is 0 Å². The van der Waals surface area contributed by atoms with Crippen molar-refractivity contribution in [2.24, 2.45) is 0 Å². The van der Waals surface area contributed by atoms with Gasteiger partial charge in [-0.1, -0.05) is 15.9 Å². The van der Waals surface area contributed by atoms with E-state index >= 15 is 0 Å². The lowest BCUT2D eigenvalue weighted by atomic mass is 9.95. The lowest BCUT2D eigenvalue weighted by Gasteiger charge is -2.13. The Labute approximate surface area is 137 Å². The number of ether oxygens (including phenoxy) is 1. The van der Waals surface area contributed by atoms with Gasteiger partial charge in [-0.2, -0.15) is 5.10 Å². The quantitative estimate of drug-likeness (QED) is 0.771. The molecular formula is C17H17BrN2O2. The van der Waals surface area contributed by atoms with E-state index in [1.165, 1.54) is 12.1 Å². The van der Waals surface area contributed by atoms with Crippen LogP contribution in [0.25, 0.3) is 5.69 Å². The molecule has 4 nitrogen and oxygen atoms in total. The molecule has 2 aliphatic carbocycles. The zero-order chi connectivity index (χ0) is 15.3. The highest BCUT2D eigenvalue weighted by Gasteiger charge is 2.44. The fourth-order valence-corrected chi connectivity index (χ4v) is 4.12. The molecule has 0 spiro atoms. The van der Waals surface area contributed by atoms with Gasteiger partial charge in [0.15, 0.2) is 5.69 Å². The lowest BCUT2D eigenvalue weighted by molar-refractivity contribution is 0.0517. The predicted molar refractivity (Wildman–Crippen MR) is 86.6 cm³/mol. The van der Waals surface area contributed by atoms with E-state index in [2.05, 4.69) is 21.0 Å². The van der Waals surface area contributed by atoms with Gasteiger partial charge in [0, 0.05) is 16.0 Å². The molecule has 0 amide bonds. The van der Waals surface area contributed by atoms with Crippen LogP contribution < -0.4 is 0 Å². The van der Waals surface area contributed by atoms with Gasteiger partial charge in [-0.05, 0) is 56.4 Å².